The molecule has 1 aromatic carbocycles. The van der Waals surface area contributed by atoms with Gasteiger partial charge in [-0.25, -0.2) is 4.98 Å². The van der Waals surface area contributed by atoms with Gasteiger partial charge in [0.25, 0.3) is 0 Å². The van der Waals surface area contributed by atoms with Crippen molar-refractivity contribution in [2.45, 2.75) is 12.8 Å². The first-order chi connectivity index (χ1) is 11.3. The average molecular weight is 326 g/mol. The van der Waals surface area contributed by atoms with Gasteiger partial charge < -0.3 is 10.1 Å². The molecule has 0 amide bonds. The molecule has 0 saturated heterocycles. The predicted molar refractivity (Wildman–Crippen MR) is 92.3 cm³/mol. The van der Waals surface area contributed by atoms with Crippen LogP contribution in [0.5, 0.6) is 0 Å². The van der Waals surface area contributed by atoms with E-state index in [0.717, 1.165) is 29.5 Å². The third-order valence-corrected chi connectivity index (χ3v) is 4.03. The molecule has 0 aliphatic rings. The molecule has 2 heterocycles. The number of methoxy groups -OCH3 is 1. The van der Waals surface area contributed by atoms with Crippen molar-refractivity contribution in [3.05, 3.63) is 65.7 Å². The maximum Gasteiger partial charge on any atom is 0.207 e. The van der Waals surface area contributed by atoms with Crippen molar-refractivity contribution in [2.75, 3.05) is 19.0 Å². The molecule has 0 fully saturated rings. The van der Waals surface area contributed by atoms with E-state index in [4.69, 9.17) is 4.74 Å². The Morgan fingerprint density at radius 2 is 1.78 bits per heavy atom. The summed E-state index contributed by atoms with van der Waals surface area (Å²) in [5.41, 5.74) is 3.53. The Morgan fingerprint density at radius 3 is 2.52 bits per heavy atom. The Morgan fingerprint density at radius 1 is 1.04 bits per heavy atom. The lowest BCUT2D eigenvalue weighted by Crippen LogP contribution is -1.97. The van der Waals surface area contributed by atoms with E-state index in [1.807, 2.05) is 24.5 Å². The molecule has 0 aliphatic heterocycles. The quantitative estimate of drug-likeness (QED) is 0.720. The predicted octanol–water partition coefficient (Wildman–Crippen LogP) is 3.46. The summed E-state index contributed by atoms with van der Waals surface area (Å²) in [5, 5.41) is 4.09. The zero-order valence-corrected chi connectivity index (χ0v) is 13.7. The maximum absolute atomic E-state index is 5.04. The molecule has 3 rings (SSSR count). The fraction of sp³-hybridized carbons (Fsp3) is 0.235. The van der Waals surface area contributed by atoms with Crippen LogP contribution in [0.1, 0.15) is 17.0 Å². The highest BCUT2D eigenvalue weighted by Crippen LogP contribution is 2.20. The number of nitrogens with one attached hydrogen (secondary N) is 1. The van der Waals surface area contributed by atoms with Crippen LogP contribution in [0.3, 0.4) is 0 Å². The Hall–Kier alpha value is -2.31. The summed E-state index contributed by atoms with van der Waals surface area (Å²) in [6.45, 7) is 0.639. The molecular formula is C17H18N4OS. The van der Waals surface area contributed by atoms with Gasteiger partial charge in [0.2, 0.25) is 5.13 Å². The van der Waals surface area contributed by atoms with Crippen LogP contribution >= 0.6 is 11.5 Å². The van der Waals surface area contributed by atoms with Crippen molar-refractivity contribution < 1.29 is 4.74 Å². The number of hydrogen-bond acceptors (Lipinski definition) is 6. The largest absolute Gasteiger partial charge is 0.384 e. The van der Waals surface area contributed by atoms with E-state index in [9.17, 15) is 0 Å². The normalized spacial score (nSPS) is 10.7. The van der Waals surface area contributed by atoms with Gasteiger partial charge in [-0.3, -0.25) is 4.98 Å². The van der Waals surface area contributed by atoms with Crippen LogP contribution in [0.15, 0.2) is 48.8 Å². The van der Waals surface area contributed by atoms with Crippen LogP contribution in [0.25, 0.3) is 0 Å². The zero-order valence-electron chi connectivity index (χ0n) is 12.9. The van der Waals surface area contributed by atoms with E-state index >= 15 is 0 Å². The molecular weight excluding hydrogens is 308 g/mol. The number of benzene rings is 1. The molecule has 0 radical (unpaired) electrons. The Kier molecular flexibility index (Phi) is 5.29. The van der Waals surface area contributed by atoms with Crippen LogP contribution < -0.4 is 5.32 Å². The lowest BCUT2D eigenvalue weighted by molar-refractivity contribution is 0.201. The summed E-state index contributed by atoms with van der Waals surface area (Å²) >= 11 is 1.37. The molecule has 1 N–H and O–H groups in total. The van der Waals surface area contributed by atoms with E-state index in [-0.39, 0.29) is 0 Å². The van der Waals surface area contributed by atoms with Gasteiger partial charge in [-0.05, 0) is 41.8 Å². The molecule has 118 valence electrons. The molecule has 0 saturated carbocycles. The molecule has 5 nitrogen and oxygen atoms in total. The summed E-state index contributed by atoms with van der Waals surface area (Å²) in [7, 11) is 1.68. The smallest absolute Gasteiger partial charge is 0.207 e. The number of hydrogen-bond donors (Lipinski definition) is 1. The second-order valence-corrected chi connectivity index (χ2v) is 5.86. The van der Waals surface area contributed by atoms with Crippen LogP contribution in [0, 0.1) is 0 Å². The van der Waals surface area contributed by atoms with Crippen molar-refractivity contribution >= 4 is 22.4 Å². The highest BCUT2D eigenvalue weighted by atomic mass is 32.1. The lowest BCUT2D eigenvalue weighted by atomic mass is 10.1. The molecule has 23 heavy (non-hydrogen) atoms. The topological polar surface area (TPSA) is 59.9 Å². The highest BCUT2D eigenvalue weighted by molar-refractivity contribution is 7.09. The molecule has 2 aromatic heterocycles. The minimum atomic E-state index is 0.639. The summed E-state index contributed by atoms with van der Waals surface area (Å²) in [6.07, 6.45) is 5.28. The third kappa shape index (κ3) is 4.58. The minimum absolute atomic E-state index is 0.639. The second kappa shape index (κ2) is 7.80. The SMILES string of the molecule is COCCc1nsc(Nc2ccc(Cc3ccncc3)cc2)n1. The number of aromatic nitrogens is 3. The van der Waals surface area contributed by atoms with Crippen LogP contribution in [-0.2, 0) is 17.6 Å². The van der Waals surface area contributed by atoms with Gasteiger partial charge in [-0.15, -0.1) is 0 Å². The Labute approximate surface area is 139 Å². The summed E-state index contributed by atoms with van der Waals surface area (Å²) in [4.78, 5) is 8.48. The zero-order chi connectivity index (χ0) is 15.9. The lowest BCUT2D eigenvalue weighted by Gasteiger charge is -2.05. The number of ether oxygens (including phenoxy) is 1. The number of nitrogens with zero attached hydrogens (tertiary/aromatic N) is 3. The van der Waals surface area contributed by atoms with Crippen molar-refractivity contribution in [1.29, 1.82) is 0 Å². The monoisotopic (exact) mass is 326 g/mol. The van der Waals surface area contributed by atoms with E-state index in [0.29, 0.717) is 6.61 Å². The summed E-state index contributed by atoms with van der Waals surface area (Å²) < 4.78 is 9.34. The number of rotatable bonds is 7. The van der Waals surface area contributed by atoms with E-state index in [1.165, 1.54) is 22.7 Å². The van der Waals surface area contributed by atoms with Crippen molar-refractivity contribution in [3.63, 3.8) is 0 Å². The van der Waals surface area contributed by atoms with Crippen molar-refractivity contribution in [1.82, 2.24) is 14.3 Å². The average Bonchev–Trinajstić information content (AvgIpc) is 3.03. The van der Waals surface area contributed by atoms with Gasteiger partial charge in [0.05, 0.1) is 6.61 Å². The standard InChI is InChI=1S/C17H18N4OS/c1-22-11-8-16-20-17(23-21-16)19-15-4-2-13(3-5-15)12-14-6-9-18-10-7-14/h2-7,9-10H,8,11-12H2,1H3,(H,19,20,21). The molecule has 6 heteroatoms. The van der Waals surface area contributed by atoms with E-state index < -0.39 is 0 Å². The van der Waals surface area contributed by atoms with E-state index in [1.54, 1.807) is 7.11 Å². The van der Waals surface area contributed by atoms with Gasteiger partial charge in [0.15, 0.2) is 0 Å². The molecule has 0 atom stereocenters. The van der Waals surface area contributed by atoms with Gasteiger partial charge in [-0.2, -0.15) is 4.37 Å². The third-order valence-electron chi connectivity index (χ3n) is 3.36. The van der Waals surface area contributed by atoms with Gasteiger partial charge in [-0.1, -0.05) is 12.1 Å². The van der Waals surface area contributed by atoms with Crippen LogP contribution in [0.2, 0.25) is 0 Å². The minimum Gasteiger partial charge on any atom is -0.384 e. The highest BCUT2D eigenvalue weighted by Gasteiger charge is 2.04. The first-order valence-electron chi connectivity index (χ1n) is 7.40. The molecule has 3 aromatic rings. The van der Waals surface area contributed by atoms with Crippen molar-refractivity contribution in [3.8, 4) is 0 Å². The van der Waals surface area contributed by atoms with Crippen LogP contribution in [0.4, 0.5) is 10.8 Å². The van der Waals surface area contributed by atoms with Gasteiger partial charge in [0, 0.05) is 43.1 Å². The van der Waals surface area contributed by atoms with E-state index in [2.05, 4.69) is 43.9 Å². The Bertz CT molecular complexity index is 728. The van der Waals surface area contributed by atoms with Gasteiger partial charge >= 0.3 is 0 Å². The first-order valence-corrected chi connectivity index (χ1v) is 8.17. The maximum atomic E-state index is 5.04. The number of anilines is 2. The molecule has 0 spiro atoms. The Balaban J connectivity index is 1.60. The molecule has 0 unspecified atom stereocenters. The summed E-state index contributed by atoms with van der Waals surface area (Å²) in [6, 6.07) is 12.4. The fourth-order valence-corrected chi connectivity index (χ4v) is 2.80. The number of pyridine rings is 1. The summed E-state index contributed by atoms with van der Waals surface area (Å²) in [5.74, 6) is 0.814. The van der Waals surface area contributed by atoms with Crippen molar-refractivity contribution in [2.24, 2.45) is 0 Å². The fourth-order valence-electron chi connectivity index (χ4n) is 2.17. The molecule has 0 bridgehead atoms. The van der Waals surface area contributed by atoms with Crippen LogP contribution in [-0.4, -0.2) is 28.1 Å². The first kappa shape index (κ1) is 15.6. The van der Waals surface area contributed by atoms with Gasteiger partial charge in [0.1, 0.15) is 5.82 Å². The molecule has 0 aliphatic carbocycles. The second-order valence-electron chi connectivity index (χ2n) is 5.11.